The number of pyridine rings is 4. The molecule has 5 aromatic carbocycles. The summed E-state index contributed by atoms with van der Waals surface area (Å²) in [7, 11) is -8.31. The number of anilines is 2. The SMILES string of the molecule is C=C(C)c1cncc2c(S(=O)(=O)c3ccccc3)c(N)n(Cc3ccc(OC)cc3)c12.COc1ccc(Cn2c(N)c(S(=O)(=O)c3ccccc3)c3cncc(Br)c32)cc1.Clc1c(Br)cncc1Br.N#CC(c1cncc(Br)c1Cl)S(=O)(=O)c1ccccc1. The topological polar surface area (TPSA) is 258 Å². The second-order valence-corrected chi connectivity index (χ2v) is 29.1. The Bertz CT molecular complexity index is 4760. The monoisotopic (exact) mass is 1540 g/mol. The molecular weight excluding hydrogens is 1500 g/mol. The van der Waals surface area contributed by atoms with Gasteiger partial charge in [-0.2, -0.15) is 5.26 Å². The number of ether oxygens (including phenoxy) is 2. The van der Waals surface area contributed by atoms with Crippen LogP contribution in [0.2, 0.25) is 10.0 Å². The highest BCUT2D eigenvalue weighted by Gasteiger charge is 2.33. The van der Waals surface area contributed by atoms with Gasteiger partial charge in [0.2, 0.25) is 19.7 Å². The molecule has 0 saturated carbocycles. The van der Waals surface area contributed by atoms with Crippen LogP contribution in [0.4, 0.5) is 11.6 Å². The lowest BCUT2D eigenvalue weighted by Crippen LogP contribution is -2.13. The van der Waals surface area contributed by atoms with Crippen molar-refractivity contribution in [1.29, 1.82) is 5.26 Å². The molecule has 0 aliphatic rings. The summed E-state index contributed by atoms with van der Waals surface area (Å²) in [5, 5.41) is 9.65. The molecule has 11 aromatic rings. The summed E-state index contributed by atoms with van der Waals surface area (Å²) in [5.74, 6) is 1.84. The van der Waals surface area contributed by atoms with Gasteiger partial charge in [0, 0.05) is 84.6 Å². The molecular formula is C63H51Br4Cl2N9O8S3. The Balaban J connectivity index is 0.000000164. The van der Waals surface area contributed by atoms with Gasteiger partial charge in [-0.3, -0.25) is 19.9 Å². The van der Waals surface area contributed by atoms with E-state index in [9.17, 15) is 30.5 Å². The molecule has 0 spiro atoms. The van der Waals surface area contributed by atoms with Crippen molar-refractivity contribution in [2.45, 2.75) is 49.7 Å². The molecule has 1 unspecified atom stereocenters. The maximum atomic E-state index is 13.5. The lowest BCUT2D eigenvalue weighted by atomic mass is 10.1. The molecule has 0 radical (unpaired) electrons. The molecule has 0 bridgehead atoms. The smallest absolute Gasteiger partial charge is 0.210 e. The largest absolute Gasteiger partial charge is 0.497 e. The van der Waals surface area contributed by atoms with Crippen LogP contribution in [0.3, 0.4) is 0 Å². The Labute approximate surface area is 558 Å². The fourth-order valence-electron chi connectivity index (χ4n) is 9.07. The highest BCUT2D eigenvalue weighted by Crippen LogP contribution is 2.41. The minimum Gasteiger partial charge on any atom is -0.497 e. The fourth-order valence-corrected chi connectivity index (χ4v) is 15.9. The molecule has 6 aromatic heterocycles. The van der Waals surface area contributed by atoms with Gasteiger partial charge in [0.05, 0.1) is 73.9 Å². The van der Waals surface area contributed by atoms with Gasteiger partial charge in [0.15, 0.2) is 15.1 Å². The molecule has 1 atom stereocenters. The zero-order chi connectivity index (χ0) is 64.4. The average molecular weight is 1550 g/mol. The average Bonchev–Trinajstić information content (AvgIpc) is 1.62. The highest BCUT2D eigenvalue weighted by molar-refractivity contribution is 9.11. The van der Waals surface area contributed by atoms with Crippen molar-refractivity contribution in [2.75, 3.05) is 25.7 Å². The van der Waals surface area contributed by atoms with Crippen molar-refractivity contribution in [2.24, 2.45) is 0 Å². The maximum absolute atomic E-state index is 13.5. The number of fused-ring (bicyclic) bond motifs is 2. The van der Waals surface area contributed by atoms with E-state index in [2.05, 4.69) is 90.2 Å². The molecule has 6 heterocycles. The van der Waals surface area contributed by atoms with Gasteiger partial charge < -0.3 is 30.1 Å². The molecule has 17 nitrogen and oxygen atoms in total. The molecule has 4 N–H and O–H groups in total. The first kappa shape index (κ1) is 67.5. The number of rotatable bonds is 14. The number of hydrogen-bond donors (Lipinski definition) is 2. The Hall–Kier alpha value is -7.44. The van der Waals surface area contributed by atoms with Crippen LogP contribution in [0.15, 0.2) is 238 Å². The number of halogens is 6. The van der Waals surface area contributed by atoms with Crippen molar-refractivity contribution in [3.63, 3.8) is 0 Å². The molecule has 0 aliphatic heterocycles. The second kappa shape index (κ2) is 29.5. The van der Waals surface area contributed by atoms with Gasteiger partial charge in [-0.05, 0) is 148 Å². The first-order valence-electron chi connectivity index (χ1n) is 26.1. The quantitative estimate of drug-likeness (QED) is 0.103. The summed E-state index contributed by atoms with van der Waals surface area (Å²) >= 11 is 24.9. The number of allylic oxidation sites excluding steroid dienone is 1. The summed E-state index contributed by atoms with van der Waals surface area (Å²) in [6, 6.07) is 41.3. The summed E-state index contributed by atoms with van der Waals surface area (Å²) < 4.78 is 95.6. The van der Waals surface area contributed by atoms with Crippen LogP contribution >= 0.6 is 86.9 Å². The van der Waals surface area contributed by atoms with Gasteiger partial charge in [-0.25, -0.2) is 25.3 Å². The van der Waals surface area contributed by atoms with Crippen LogP contribution in [-0.4, -0.2) is 68.5 Å². The van der Waals surface area contributed by atoms with E-state index in [1.165, 1.54) is 30.7 Å². The Morgan fingerprint density at radius 1 is 0.539 bits per heavy atom. The molecule has 89 heavy (non-hydrogen) atoms. The normalized spacial score (nSPS) is 11.6. The van der Waals surface area contributed by atoms with E-state index in [0.29, 0.717) is 48.9 Å². The molecule has 26 heteroatoms. The third kappa shape index (κ3) is 14.9. The molecule has 0 fully saturated rings. The maximum Gasteiger partial charge on any atom is 0.210 e. The van der Waals surface area contributed by atoms with Gasteiger partial charge in [0.25, 0.3) is 0 Å². The molecule has 456 valence electrons. The van der Waals surface area contributed by atoms with Crippen molar-refractivity contribution < 1.29 is 34.7 Å². The third-order valence-corrected chi connectivity index (χ3v) is 22.9. The van der Waals surface area contributed by atoms with Crippen LogP contribution < -0.4 is 20.9 Å². The fraction of sp³-hybridized carbons (Fsp3) is 0.0952. The van der Waals surface area contributed by atoms with Gasteiger partial charge in [-0.15, -0.1) is 0 Å². The van der Waals surface area contributed by atoms with Crippen LogP contribution in [-0.2, 0) is 42.6 Å². The standard InChI is InChI=1S/C24H23N3O3S.C21H18BrN3O3S.C13H8BrClN2O2S.C5H2Br2ClN/c1-16(2)20-13-26-14-21-22(20)27(15-17-9-11-18(30-3)12-10-17)24(25)23(21)31(28,29)19-7-5-4-6-8-19;1-28-15-9-7-14(8-10-15)13-25-19-17(11-24-12-18(19)22)20(21(25)23)29(26,27)16-5-3-2-4-6-16;14-11-8-17-7-10(13(11)15)12(6-16)20(18,19)9-4-2-1-3-5-9;6-3-1-9-2-4(7)5(3)8/h4-14H,1,15,25H2,2-3H3;2-12H,13,23H2,1H3;1-5,7-8,12H;1-2H. The van der Waals surface area contributed by atoms with Crippen molar-refractivity contribution in [3.8, 4) is 17.6 Å². The van der Waals surface area contributed by atoms with E-state index in [1.54, 1.807) is 135 Å². The molecule has 11 rings (SSSR count). The van der Waals surface area contributed by atoms with E-state index < -0.39 is 34.8 Å². The predicted octanol–water partition coefficient (Wildman–Crippen LogP) is 15.6. The number of aromatic nitrogens is 6. The number of sulfone groups is 3. The zero-order valence-corrected chi connectivity index (χ0v) is 57.4. The van der Waals surface area contributed by atoms with E-state index in [0.717, 1.165) is 42.7 Å². The first-order chi connectivity index (χ1) is 42.5. The van der Waals surface area contributed by atoms with Crippen molar-refractivity contribution >= 4 is 155 Å². The minimum absolute atomic E-state index is 0.0674. The zero-order valence-electron chi connectivity index (χ0n) is 47.1. The number of nitrogens with two attached hydrogens (primary N) is 2. The van der Waals surface area contributed by atoms with Crippen molar-refractivity contribution in [1.82, 2.24) is 29.1 Å². The number of benzene rings is 5. The second-order valence-electron chi connectivity index (χ2n) is 19.1. The van der Waals surface area contributed by atoms with Crippen molar-refractivity contribution in [3.05, 3.63) is 246 Å². The Kier molecular flexibility index (Phi) is 22.3. The lowest BCUT2D eigenvalue weighted by molar-refractivity contribution is 0.414. The summed E-state index contributed by atoms with van der Waals surface area (Å²) in [6.45, 7) is 6.70. The summed E-state index contributed by atoms with van der Waals surface area (Å²) in [6.07, 6.45) is 12.4. The third-order valence-electron chi connectivity index (χ3n) is 13.4. The van der Waals surface area contributed by atoms with Gasteiger partial charge >= 0.3 is 0 Å². The number of nitrogens with zero attached hydrogens (tertiary/aromatic N) is 7. The lowest BCUT2D eigenvalue weighted by Gasteiger charge is -2.12. The predicted molar refractivity (Wildman–Crippen MR) is 362 cm³/mol. The van der Waals surface area contributed by atoms with Gasteiger partial charge in [0.1, 0.15) is 32.9 Å². The van der Waals surface area contributed by atoms with Crippen LogP contribution in [0.25, 0.3) is 27.4 Å². The minimum atomic E-state index is -3.86. The molecule has 0 saturated heterocycles. The summed E-state index contributed by atoms with van der Waals surface area (Å²) in [4.78, 5) is 16.8. The van der Waals surface area contributed by atoms with Gasteiger partial charge in [-0.1, -0.05) is 109 Å². The number of methoxy groups -OCH3 is 2. The Morgan fingerprint density at radius 3 is 1.33 bits per heavy atom. The number of nitriles is 1. The highest BCUT2D eigenvalue weighted by atomic mass is 79.9. The van der Waals surface area contributed by atoms with Crippen LogP contribution in [0.5, 0.6) is 11.5 Å². The van der Waals surface area contributed by atoms with E-state index in [1.807, 2.05) is 60.0 Å². The van der Waals surface area contributed by atoms with E-state index in [4.69, 9.17) is 44.1 Å². The molecule has 0 aliphatic carbocycles. The molecule has 0 amide bonds. The van der Waals surface area contributed by atoms with Crippen LogP contribution in [0.1, 0.15) is 34.4 Å². The number of hydrogen-bond acceptors (Lipinski definition) is 15. The summed E-state index contributed by atoms with van der Waals surface area (Å²) in [5.41, 5.74) is 17.9. The van der Waals surface area contributed by atoms with Crippen LogP contribution in [0, 0.1) is 11.3 Å². The number of nitrogen functional groups attached to an aromatic ring is 2. The van der Waals surface area contributed by atoms with E-state index >= 15 is 0 Å². The first-order valence-corrected chi connectivity index (χ1v) is 34.5. The Morgan fingerprint density at radius 2 is 0.910 bits per heavy atom. The van der Waals surface area contributed by atoms with E-state index in [-0.39, 0.29) is 46.7 Å².